The maximum Gasteiger partial charge on any atom is 0.274 e. The molecule has 4 aromatic heterocycles. The number of carbonyl (C=O) groups excluding carboxylic acids is 2. The van der Waals surface area contributed by atoms with Gasteiger partial charge < -0.3 is 24.0 Å². The average molecular weight is 585 g/mol. The van der Waals surface area contributed by atoms with Crippen LogP contribution in [0, 0.1) is 5.41 Å². The number of carbonyl (C=O) groups is 2. The molecular weight excluding hydrogens is 556 g/mol. The minimum Gasteiger partial charge on any atom is -0.378 e. The lowest BCUT2D eigenvalue weighted by Gasteiger charge is -2.28. The molecule has 0 saturated carbocycles. The predicted octanol–water partition coefficient (Wildman–Crippen LogP) is 4.43. The number of Topliss-reactive ketones (excluding diaryl/α,β-unsaturated/α-hetero) is 1. The largest absolute Gasteiger partial charge is 0.378 e. The Kier molecular flexibility index (Phi) is 7.92. The monoisotopic (exact) mass is 584 g/mol. The van der Waals surface area contributed by atoms with E-state index in [9.17, 15) is 14.4 Å². The fourth-order valence-electron chi connectivity index (χ4n) is 4.25. The van der Waals surface area contributed by atoms with E-state index in [1.54, 1.807) is 18.3 Å². The molecule has 0 unspecified atom stereocenters. The Morgan fingerprint density at radius 3 is 2.58 bits per heavy atom. The van der Waals surface area contributed by atoms with Gasteiger partial charge in [0.25, 0.3) is 11.5 Å². The zero-order valence-electron chi connectivity index (χ0n) is 22.3. The molecular formula is C27H29ClN6O5S. The summed E-state index contributed by atoms with van der Waals surface area (Å²) in [6.07, 6.45) is 2.96. The van der Waals surface area contributed by atoms with E-state index in [0.29, 0.717) is 59.9 Å². The van der Waals surface area contributed by atoms with Crippen LogP contribution in [0.25, 0.3) is 11.3 Å². The molecule has 1 fully saturated rings. The lowest BCUT2D eigenvalue weighted by molar-refractivity contribution is 0.0752. The Hall–Kier alpha value is -3.74. The summed E-state index contributed by atoms with van der Waals surface area (Å²) in [5.74, 6) is -0.0314. The van der Waals surface area contributed by atoms with Crippen molar-refractivity contribution in [3.8, 4) is 11.3 Å². The number of nitrogens with one attached hydrogen (secondary N) is 1. The zero-order valence-corrected chi connectivity index (χ0v) is 23.9. The van der Waals surface area contributed by atoms with E-state index in [4.69, 9.17) is 20.9 Å². The van der Waals surface area contributed by atoms with Crippen molar-refractivity contribution in [3.05, 3.63) is 68.1 Å². The molecule has 1 saturated heterocycles. The van der Waals surface area contributed by atoms with Crippen molar-refractivity contribution in [2.24, 2.45) is 5.41 Å². The van der Waals surface area contributed by atoms with Gasteiger partial charge in [-0.15, -0.1) is 11.3 Å². The number of aromatic nitrogens is 4. The number of ether oxygens (including phenoxy) is 1. The van der Waals surface area contributed by atoms with Crippen LogP contribution in [-0.2, 0) is 17.8 Å². The molecule has 0 aromatic carbocycles. The molecule has 13 heteroatoms. The van der Waals surface area contributed by atoms with Crippen molar-refractivity contribution < 1.29 is 18.8 Å². The topological polar surface area (TPSA) is 124 Å². The Morgan fingerprint density at radius 1 is 1.15 bits per heavy atom. The lowest BCUT2D eigenvalue weighted by Crippen LogP contribution is -2.40. The second kappa shape index (κ2) is 11.4. The highest BCUT2D eigenvalue weighted by atomic mass is 35.5. The average Bonchev–Trinajstić information content (AvgIpc) is 3.69. The number of anilines is 2. The van der Waals surface area contributed by atoms with Crippen molar-refractivity contribution in [2.45, 2.75) is 33.9 Å². The van der Waals surface area contributed by atoms with E-state index in [1.165, 1.54) is 32.8 Å². The van der Waals surface area contributed by atoms with Crippen molar-refractivity contribution in [1.29, 1.82) is 0 Å². The standard InChI is InChI=1S/C27H29ClN6O5S/c1-27(2,3)26(37)34-24(29-14-18-4-5-23(28)40-18)13-19(31-34)17-12-20(32-8-10-38-11-9-32)25(36)33(15-17)16-21(35)22-6-7-30-39-22/h4-7,12-13,15,29H,8-11,14,16H2,1-3H3. The van der Waals surface area contributed by atoms with Crippen LogP contribution in [0.2, 0.25) is 4.34 Å². The van der Waals surface area contributed by atoms with E-state index in [-0.39, 0.29) is 23.8 Å². The van der Waals surface area contributed by atoms with Crippen LogP contribution >= 0.6 is 22.9 Å². The maximum atomic E-state index is 13.5. The SMILES string of the molecule is CC(C)(C)C(=O)n1nc(-c2cc(N3CCOCC3)c(=O)n(CC(=O)c3ccno3)c2)cc1NCc1ccc(Cl)s1. The third-order valence-electron chi connectivity index (χ3n) is 6.36. The minimum atomic E-state index is -0.701. The smallest absolute Gasteiger partial charge is 0.274 e. The van der Waals surface area contributed by atoms with Crippen molar-refractivity contribution in [3.63, 3.8) is 0 Å². The van der Waals surface area contributed by atoms with E-state index in [0.717, 1.165) is 4.88 Å². The first-order valence-electron chi connectivity index (χ1n) is 12.7. The van der Waals surface area contributed by atoms with Crippen LogP contribution in [-0.4, -0.2) is 57.5 Å². The molecule has 1 aliphatic heterocycles. The summed E-state index contributed by atoms with van der Waals surface area (Å²) in [5.41, 5.74) is 0.448. The summed E-state index contributed by atoms with van der Waals surface area (Å²) in [6, 6.07) is 8.72. The zero-order chi connectivity index (χ0) is 28.4. The normalized spacial score (nSPS) is 13.9. The molecule has 0 atom stereocenters. The van der Waals surface area contributed by atoms with E-state index < -0.39 is 11.2 Å². The molecule has 210 valence electrons. The van der Waals surface area contributed by atoms with Crippen LogP contribution in [0.1, 0.15) is 41.0 Å². The molecule has 11 nitrogen and oxygen atoms in total. The summed E-state index contributed by atoms with van der Waals surface area (Å²) in [6.45, 7) is 7.70. The molecule has 1 aliphatic rings. The highest BCUT2D eigenvalue weighted by Crippen LogP contribution is 2.29. The molecule has 0 spiro atoms. The Balaban J connectivity index is 1.57. The first kappa shape index (κ1) is 27.8. The van der Waals surface area contributed by atoms with Crippen LogP contribution in [0.4, 0.5) is 11.5 Å². The highest BCUT2D eigenvalue weighted by molar-refractivity contribution is 7.16. The first-order valence-corrected chi connectivity index (χ1v) is 13.9. The van der Waals surface area contributed by atoms with E-state index >= 15 is 0 Å². The summed E-state index contributed by atoms with van der Waals surface area (Å²) in [7, 11) is 0. The van der Waals surface area contributed by atoms with Crippen LogP contribution in [0.5, 0.6) is 0 Å². The fourth-order valence-corrected chi connectivity index (χ4v) is 5.27. The number of rotatable bonds is 8. The Labute approximate surface area is 239 Å². The van der Waals surface area contributed by atoms with Gasteiger partial charge in [0.05, 0.1) is 42.5 Å². The Bertz CT molecular complexity index is 1580. The summed E-state index contributed by atoms with van der Waals surface area (Å²) in [4.78, 5) is 42.6. The second-order valence-corrected chi connectivity index (χ2v) is 12.2. The van der Waals surface area contributed by atoms with Gasteiger partial charge in [-0.05, 0) is 18.2 Å². The number of hydrogen-bond acceptors (Lipinski definition) is 10. The van der Waals surface area contributed by atoms with Gasteiger partial charge in [0.1, 0.15) is 11.5 Å². The molecule has 0 amide bonds. The summed E-state index contributed by atoms with van der Waals surface area (Å²) >= 11 is 7.54. The lowest BCUT2D eigenvalue weighted by atomic mass is 9.96. The summed E-state index contributed by atoms with van der Waals surface area (Å²) in [5, 5.41) is 11.6. The third kappa shape index (κ3) is 6.03. The number of ketones is 1. The van der Waals surface area contributed by atoms with Gasteiger partial charge in [-0.1, -0.05) is 37.5 Å². The molecule has 1 N–H and O–H groups in total. The van der Waals surface area contributed by atoms with Gasteiger partial charge in [-0.25, -0.2) is 0 Å². The van der Waals surface area contributed by atoms with Gasteiger partial charge in [-0.2, -0.15) is 9.78 Å². The number of hydrogen-bond donors (Lipinski definition) is 1. The number of thiophene rings is 1. The molecule has 5 heterocycles. The van der Waals surface area contributed by atoms with Gasteiger partial charge in [0, 0.05) is 47.3 Å². The van der Waals surface area contributed by atoms with Crippen molar-refractivity contribution in [1.82, 2.24) is 19.5 Å². The van der Waals surface area contributed by atoms with Crippen molar-refractivity contribution >= 4 is 46.1 Å². The van der Waals surface area contributed by atoms with Gasteiger partial charge in [0.15, 0.2) is 0 Å². The minimum absolute atomic E-state index is 0.0606. The van der Waals surface area contributed by atoms with Gasteiger partial charge in [0.2, 0.25) is 11.5 Å². The van der Waals surface area contributed by atoms with Crippen LogP contribution in [0.3, 0.4) is 0 Å². The third-order valence-corrected chi connectivity index (χ3v) is 7.59. The molecule has 0 radical (unpaired) electrons. The van der Waals surface area contributed by atoms with E-state index in [1.807, 2.05) is 37.8 Å². The number of pyridine rings is 1. The molecule has 0 bridgehead atoms. The van der Waals surface area contributed by atoms with Crippen LogP contribution < -0.4 is 15.8 Å². The molecule has 0 aliphatic carbocycles. The van der Waals surface area contributed by atoms with E-state index in [2.05, 4.69) is 15.6 Å². The molecule has 4 aromatic rings. The predicted molar refractivity (Wildman–Crippen MR) is 153 cm³/mol. The Morgan fingerprint density at radius 2 is 1.93 bits per heavy atom. The van der Waals surface area contributed by atoms with Crippen molar-refractivity contribution in [2.75, 3.05) is 36.5 Å². The van der Waals surface area contributed by atoms with Gasteiger partial charge >= 0.3 is 0 Å². The highest BCUT2D eigenvalue weighted by Gasteiger charge is 2.28. The first-order chi connectivity index (χ1) is 19.1. The molecule has 5 rings (SSSR count). The quantitative estimate of drug-likeness (QED) is 0.299. The molecule has 40 heavy (non-hydrogen) atoms. The second-order valence-electron chi connectivity index (χ2n) is 10.4. The fraction of sp³-hybridized carbons (Fsp3) is 0.370. The number of nitrogens with zero attached hydrogens (tertiary/aromatic N) is 5. The summed E-state index contributed by atoms with van der Waals surface area (Å²) < 4.78 is 13.8. The number of halogens is 1. The van der Waals surface area contributed by atoms with Gasteiger partial charge in [-0.3, -0.25) is 14.4 Å². The maximum absolute atomic E-state index is 13.5. The van der Waals surface area contributed by atoms with Crippen LogP contribution in [0.15, 0.2) is 52.0 Å². The number of morpholine rings is 1.